The van der Waals surface area contributed by atoms with Gasteiger partial charge in [-0.15, -0.1) is 0 Å². The van der Waals surface area contributed by atoms with Crippen molar-refractivity contribution in [3.63, 3.8) is 0 Å². The van der Waals surface area contributed by atoms with Crippen molar-refractivity contribution in [3.8, 4) is 28.3 Å². The van der Waals surface area contributed by atoms with Crippen LogP contribution in [-0.4, -0.2) is 0 Å². The lowest BCUT2D eigenvalue weighted by Gasteiger charge is -2.33. The molecule has 0 bridgehead atoms. The molecule has 0 aliphatic heterocycles. The largest absolute Gasteiger partial charge is 0.192 e. The molecule has 0 saturated carbocycles. The number of allylic oxidation sites excluding steroid dienone is 4. The monoisotopic (exact) mass is 433 g/mol. The Kier molecular flexibility index (Phi) is 3.94. The van der Waals surface area contributed by atoms with E-state index in [4.69, 9.17) is 0 Å². The van der Waals surface area contributed by atoms with Crippen molar-refractivity contribution in [1.82, 2.24) is 0 Å². The van der Waals surface area contributed by atoms with E-state index in [2.05, 4.69) is 97.9 Å². The van der Waals surface area contributed by atoms with Crippen LogP contribution in [0, 0.1) is 18.3 Å². The lowest BCUT2D eigenvalue weighted by Crippen LogP contribution is -2.27. The second-order valence-electron chi connectivity index (χ2n) is 9.60. The third-order valence-electron chi connectivity index (χ3n) is 7.89. The van der Waals surface area contributed by atoms with Crippen LogP contribution in [0.4, 0.5) is 0 Å². The van der Waals surface area contributed by atoms with Crippen molar-refractivity contribution in [2.75, 3.05) is 0 Å². The second-order valence-corrected chi connectivity index (χ2v) is 9.60. The van der Waals surface area contributed by atoms with Crippen LogP contribution in [0.5, 0.6) is 0 Å². The van der Waals surface area contributed by atoms with Crippen LogP contribution in [0.2, 0.25) is 0 Å². The molecule has 3 aliphatic carbocycles. The average molecular weight is 434 g/mol. The smallest absolute Gasteiger partial charge is 0.0991 e. The van der Waals surface area contributed by atoms with Gasteiger partial charge in [0.05, 0.1) is 17.0 Å². The molecule has 0 radical (unpaired) electrons. The lowest BCUT2D eigenvalue weighted by molar-refractivity contribution is 0.713. The summed E-state index contributed by atoms with van der Waals surface area (Å²) in [4.78, 5) is 0. The highest BCUT2D eigenvalue weighted by molar-refractivity contribution is 6.01. The topological polar surface area (TPSA) is 23.8 Å². The van der Waals surface area contributed by atoms with Crippen molar-refractivity contribution in [2.45, 2.75) is 25.2 Å². The van der Waals surface area contributed by atoms with E-state index in [0.717, 1.165) is 18.4 Å². The fourth-order valence-corrected chi connectivity index (χ4v) is 6.58. The Morgan fingerprint density at radius 2 is 1.56 bits per heavy atom. The van der Waals surface area contributed by atoms with Gasteiger partial charge in [0.25, 0.3) is 0 Å². The minimum atomic E-state index is -0.240. The van der Waals surface area contributed by atoms with Crippen LogP contribution in [0.15, 0.2) is 103 Å². The van der Waals surface area contributed by atoms with Crippen molar-refractivity contribution >= 4 is 5.57 Å². The fraction of sp³-hybridized carbons (Fsp3) is 0.121. The van der Waals surface area contributed by atoms with Gasteiger partial charge in [-0.1, -0.05) is 90.5 Å². The zero-order valence-electron chi connectivity index (χ0n) is 19.1. The van der Waals surface area contributed by atoms with E-state index in [0.29, 0.717) is 5.56 Å². The summed E-state index contributed by atoms with van der Waals surface area (Å²) in [5, 5.41) is 9.29. The van der Waals surface area contributed by atoms with Crippen molar-refractivity contribution in [2.24, 2.45) is 0 Å². The van der Waals surface area contributed by atoms with Gasteiger partial charge in [0.1, 0.15) is 0 Å². The number of fused-ring (bicyclic) bond motifs is 9. The quantitative estimate of drug-likeness (QED) is 0.299. The summed E-state index contributed by atoms with van der Waals surface area (Å²) >= 11 is 0. The normalized spacial score (nSPS) is 18.9. The van der Waals surface area contributed by atoms with E-state index < -0.39 is 0 Å². The summed E-state index contributed by atoms with van der Waals surface area (Å²) in [6, 6.07) is 33.1. The molecule has 0 N–H and O–H groups in total. The predicted octanol–water partition coefficient (Wildman–Crippen LogP) is 7.97. The molecule has 1 nitrogen and oxygen atoms in total. The summed E-state index contributed by atoms with van der Waals surface area (Å²) in [5.74, 6) is 0. The zero-order valence-corrected chi connectivity index (χ0v) is 19.1. The maximum Gasteiger partial charge on any atom is 0.0991 e. The maximum atomic E-state index is 9.29. The molecule has 160 valence electrons. The van der Waals surface area contributed by atoms with Crippen LogP contribution >= 0.6 is 0 Å². The highest BCUT2D eigenvalue weighted by Gasteiger charge is 2.52. The molecule has 0 heterocycles. The Balaban J connectivity index is 1.62. The number of rotatable bonds is 1. The molecular weight excluding hydrogens is 410 g/mol. The average Bonchev–Trinajstić information content (AvgIpc) is 3.36. The van der Waals surface area contributed by atoms with E-state index in [9.17, 15) is 5.26 Å². The minimum Gasteiger partial charge on any atom is -0.192 e. The summed E-state index contributed by atoms with van der Waals surface area (Å²) in [7, 11) is 0. The molecule has 1 unspecified atom stereocenters. The minimum absolute atomic E-state index is 0.240. The number of nitriles is 1. The van der Waals surface area contributed by atoms with Crippen molar-refractivity contribution in [3.05, 3.63) is 136 Å². The van der Waals surface area contributed by atoms with Gasteiger partial charge in [-0.2, -0.15) is 5.26 Å². The van der Waals surface area contributed by atoms with E-state index in [1.807, 2.05) is 12.1 Å². The van der Waals surface area contributed by atoms with Gasteiger partial charge in [-0.3, -0.25) is 0 Å². The predicted molar refractivity (Wildman–Crippen MR) is 138 cm³/mol. The highest BCUT2D eigenvalue weighted by Crippen LogP contribution is 2.64. The Morgan fingerprint density at radius 3 is 2.41 bits per heavy atom. The van der Waals surface area contributed by atoms with Gasteiger partial charge >= 0.3 is 0 Å². The first-order chi connectivity index (χ1) is 16.7. The first kappa shape index (κ1) is 19.3. The van der Waals surface area contributed by atoms with Gasteiger partial charge in [-0.25, -0.2) is 0 Å². The van der Waals surface area contributed by atoms with Crippen LogP contribution in [-0.2, 0) is 5.41 Å². The molecule has 0 saturated heterocycles. The summed E-state index contributed by atoms with van der Waals surface area (Å²) in [6.07, 6.45) is 6.84. The first-order valence-corrected chi connectivity index (χ1v) is 12.0. The van der Waals surface area contributed by atoms with E-state index in [1.165, 1.54) is 50.1 Å². The fourth-order valence-electron chi connectivity index (χ4n) is 6.58. The van der Waals surface area contributed by atoms with Gasteiger partial charge in [-0.05, 0) is 87.6 Å². The van der Waals surface area contributed by atoms with Crippen LogP contribution in [0.1, 0.15) is 46.2 Å². The highest BCUT2D eigenvalue weighted by atomic mass is 14.5. The van der Waals surface area contributed by atoms with Crippen molar-refractivity contribution in [1.29, 1.82) is 5.26 Å². The van der Waals surface area contributed by atoms with Crippen LogP contribution in [0.3, 0.4) is 0 Å². The summed E-state index contributed by atoms with van der Waals surface area (Å²) < 4.78 is 0. The SMILES string of the molecule is Cc1ccc2c(c1)C1(C3=C(C=CCC3)c3ccccc31)c1cccc(-c3ccc(C#N)cc3)c1-2. The Hall–Kier alpha value is -4.15. The number of hydrogen-bond donors (Lipinski definition) is 0. The summed E-state index contributed by atoms with van der Waals surface area (Å²) in [5.41, 5.74) is 15.3. The maximum absolute atomic E-state index is 9.29. The van der Waals surface area contributed by atoms with Crippen molar-refractivity contribution < 1.29 is 0 Å². The molecule has 7 rings (SSSR count). The molecule has 34 heavy (non-hydrogen) atoms. The van der Waals surface area contributed by atoms with E-state index in [1.54, 1.807) is 5.57 Å². The van der Waals surface area contributed by atoms with Gasteiger partial charge in [0, 0.05) is 0 Å². The number of benzene rings is 4. The molecule has 4 aromatic rings. The van der Waals surface area contributed by atoms with Gasteiger partial charge in [0.15, 0.2) is 0 Å². The molecule has 0 aromatic heterocycles. The van der Waals surface area contributed by atoms with E-state index >= 15 is 0 Å². The molecule has 0 fully saturated rings. The Labute approximate surface area is 200 Å². The molecule has 3 aliphatic rings. The molecule has 1 spiro atoms. The molecule has 1 heteroatoms. The Morgan fingerprint density at radius 1 is 0.765 bits per heavy atom. The van der Waals surface area contributed by atoms with Crippen LogP contribution in [0.25, 0.3) is 27.8 Å². The Bertz CT molecular complexity index is 1610. The van der Waals surface area contributed by atoms with Gasteiger partial charge < -0.3 is 0 Å². The standard InChI is InChI=1S/C33H23N/c1-21-13-18-27-31(19-21)33(28-10-4-2-7-25(28)26-8-3-5-11-29(26)33)30-12-6-9-24(32(27)30)23-16-14-22(20-34)15-17-23/h2-4,6-10,12-19H,5,11H2,1H3. The zero-order chi connectivity index (χ0) is 22.9. The molecular formula is C33H23N. The third kappa shape index (κ3) is 2.33. The number of aryl methyl sites for hydroxylation is 1. The van der Waals surface area contributed by atoms with E-state index in [-0.39, 0.29) is 5.41 Å². The summed E-state index contributed by atoms with van der Waals surface area (Å²) in [6.45, 7) is 2.20. The molecule has 1 atom stereocenters. The molecule has 4 aromatic carbocycles. The number of hydrogen-bond acceptors (Lipinski definition) is 1. The lowest BCUT2D eigenvalue weighted by atomic mass is 9.68. The van der Waals surface area contributed by atoms with Crippen LogP contribution < -0.4 is 0 Å². The number of nitrogens with zero attached hydrogens (tertiary/aromatic N) is 1. The second kappa shape index (κ2) is 6.92. The molecule has 0 amide bonds. The van der Waals surface area contributed by atoms with Gasteiger partial charge in [0.2, 0.25) is 0 Å². The first-order valence-electron chi connectivity index (χ1n) is 12.0. The third-order valence-corrected chi connectivity index (χ3v) is 7.89.